The number of nitrogens with one attached hydrogen (secondary N) is 1. The monoisotopic (exact) mass is 549 g/mol. The first kappa shape index (κ1) is 19.7. The Balaban J connectivity index is 0.00000196. The Hall–Kier alpha value is -1.02. The molecule has 2 aromatic carbocycles. The molecule has 129 valence electrons. The van der Waals surface area contributed by atoms with Crippen LogP contribution in [0.2, 0.25) is 0 Å². The first-order valence-corrected chi connectivity index (χ1v) is 9.54. The van der Waals surface area contributed by atoms with E-state index in [0.29, 0.717) is 34.6 Å². The van der Waals surface area contributed by atoms with E-state index in [1.807, 2.05) is 42.5 Å². The summed E-state index contributed by atoms with van der Waals surface area (Å²) in [6.07, 6.45) is 0. The van der Waals surface area contributed by atoms with Crippen molar-refractivity contribution in [1.82, 2.24) is 0 Å². The third-order valence-corrected chi connectivity index (χ3v) is 4.90. The number of fused-ring (bicyclic) bond motifs is 2. The SMILES string of the molecule is O=C1[N-]c2c(Br)cccc2/C1=C1/Nc2ccccc2/C1=N\OCCBr.[Y]. The van der Waals surface area contributed by atoms with Crippen molar-refractivity contribution in [3.63, 3.8) is 0 Å². The van der Waals surface area contributed by atoms with Gasteiger partial charge in [0.05, 0.1) is 11.6 Å². The molecule has 8 heteroatoms. The number of alkyl halides is 1. The van der Waals surface area contributed by atoms with Crippen molar-refractivity contribution in [2.45, 2.75) is 0 Å². The molecule has 0 unspecified atom stereocenters. The average Bonchev–Trinajstić information content (AvgIpc) is 3.13. The van der Waals surface area contributed by atoms with Gasteiger partial charge in [0.2, 0.25) is 0 Å². The number of oxime groups is 1. The van der Waals surface area contributed by atoms with E-state index >= 15 is 0 Å². The number of anilines is 1. The average molecular weight is 551 g/mol. The van der Waals surface area contributed by atoms with Gasteiger partial charge in [0.15, 0.2) is 0 Å². The van der Waals surface area contributed by atoms with E-state index in [9.17, 15) is 4.79 Å². The molecule has 1 amide bonds. The van der Waals surface area contributed by atoms with Crippen LogP contribution >= 0.6 is 31.9 Å². The zero-order valence-electron chi connectivity index (χ0n) is 13.5. The van der Waals surface area contributed by atoms with Gasteiger partial charge in [0, 0.05) is 59.3 Å². The Bertz CT molecular complexity index is 944. The topological polar surface area (TPSA) is 64.8 Å². The molecule has 0 saturated heterocycles. The van der Waals surface area contributed by atoms with Crippen LogP contribution in [0.15, 0.2) is 57.8 Å². The number of rotatable bonds is 3. The molecule has 0 aliphatic carbocycles. The zero-order chi connectivity index (χ0) is 17.4. The van der Waals surface area contributed by atoms with Gasteiger partial charge >= 0.3 is 0 Å². The minimum absolute atomic E-state index is 0. The van der Waals surface area contributed by atoms with Crippen molar-refractivity contribution >= 4 is 60.4 Å². The molecule has 5 nitrogen and oxygen atoms in total. The molecular weight excluding hydrogens is 539 g/mol. The van der Waals surface area contributed by atoms with Crippen LogP contribution in [0.5, 0.6) is 0 Å². The van der Waals surface area contributed by atoms with Crippen molar-refractivity contribution in [3.8, 4) is 0 Å². The van der Waals surface area contributed by atoms with Crippen LogP contribution in [0, 0.1) is 0 Å². The van der Waals surface area contributed by atoms with Gasteiger partial charge in [-0.2, -0.15) is 0 Å². The Kier molecular flexibility index (Phi) is 6.33. The molecule has 26 heavy (non-hydrogen) atoms. The van der Waals surface area contributed by atoms with E-state index in [1.54, 1.807) is 0 Å². The molecule has 4 rings (SSSR count). The summed E-state index contributed by atoms with van der Waals surface area (Å²) in [4.78, 5) is 18.0. The Morgan fingerprint density at radius 2 is 1.88 bits per heavy atom. The van der Waals surface area contributed by atoms with Crippen molar-refractivity contribution in [1.29, 1.82) is 0 Å². The smallest absolute Gasteiger partial charge is 0.136 e. The van der Waals surface area contributed by atoms with E-state index in [1.165, 1.54) is 0 Å². The summed E-state index contributed by atoms with van der Waals surface area (Å²) in [6, 6.07) is 13.4. The van der Waals surface area contributed by atoms with Gasteiger partial charge in [-0.15, -0.1) is 5.69 Å². The van der Waals surface area contributed by atoms with Crippen molar-refractivity contribution < 1.29 is 42.3 Å². The second-order valence-corrected chi connectivity index (χ2v) is 7.08. The molecule has 0 atom stereocenters. The Morgan fingerprint density at radius 3 is 2.69 bits per heavy atom. The number of hydrogen-bond acceptors (Lipinski definition) is 4. The number of hydrogen-bond donors (Lipinski definition) is 1. The Morgan fingerprint density at radius 1 is 1.12 bits per heavy atom. The first-order chi connectivity index (χ1) is 12.2. The fourth-order valence-corrected chi connectivity index (χ4v) is 3.49. The molecule has 1 radical (unpaired) electrons. The van der Waals surface area contributed by atoms with Crippen LogP contribution in [-0.2, 0) is 42.3 Å². The van der Waals surface area contributed by atoms with E-state index in [-0.39, 0.29) is 38.6 Å². The molecule has 2 aromatic rings. The van der Waals surface area contributed by atoms with Gasteiger partial charge in [-0.25, -0.2) is 0 Å². The maximum Gasteiger partial charge on any atom is 0.136 e. The molecular formula is C18H12Br2N3O2Y-. The van der Waals surface area contributed by atoms with Crippen LogP contribution in [0.25, 0.3) is 10.9 Å². The van der Waals surface area contributed by atoms with Crippen molar-refractivity contribution in [2.24, 2.45) is 5.16 Å². The third-order valence-electron chi connectivity index (χ3n) is 3.94. The van der Waals surface area contributed by atoms with Crippen LogP contribution in [0.1, 0.15) is 11.1 Å². The summed E-state index contributed by atoms with van der Waals surface area (Å²) < 4.78 is 0.790. The summed E-state index contributed by atoms with van der Waals surface area (Å²) in [6.45, 7) is 0.439. The van der Waals surface area contributed by atoms with Gasteiger partial charge in [-0.1, -0.05) is 67.3 Å². The summed E-state index contributed by atoms with van der Waals surface area (Å²) in [5.41, 5.74) is 4.97. The minimum atomic E-state index is -0.287. The number of nitrogens with zero attached hydrogens (tertiary/aromatic N) is 2. The molecule has 0 bridgehead atoms. The predicted octanol–water partition coefficient (Wildman–Crippen LogP) is 4.94. The summed E-state index contributed by atoms with van der Waals surface area (Å²) in [5.74, 6) is -0.287. The van der Waals surface area contributed by atoms with E-state index in [0.717, 1.165) is 21.3 Å². The molecule has 0 spiro atoms. The van der Waals surface area contributed by atoms with Crippen LogP contribution in [0.4, 0.5) is 11.4 Å². The largest absolute Gasteiger partial charge is 0.621 e. The minimum Gasteiger partial charge on any atom is -0.621 e. The molecule has 2 heterocycles. The van der Waals surface area contributed by atoms with Gasteiger partial charge in [-0.3, -0.25) is 0 Å². The quantitative estimate of drug-likeness (QED) is 0.255. The van der Waals surface area contributed by atoms with Crippen LogP contribution in [-0.4, -0.2) is 23.6 Å². The fraction of sp³-hybridized carbons (Fsp3) is 0.111. The van der Waals surface area contributed by atoms with E-state index < -0.39 is 0 Å². The van der Waals surface area contributed by atoms with Gasteiger partial charge in [0.25, 0.3) is 0 Å². The van der Waals surface area contributed by atoms with Gasteiger partial charge < -0.3 is 20.3 Å². The van der Waals surface area contributed by atoms with Gasteiger partial charge in [0.1, 0.15) is 12.3 Å². The summed E-state index contributed by atoms with van der Waals surface area (Å²) in [5, 5.41) is 12.4. The van der Waals surface area contributed by atoms with E-state index in [2.05, 4.69) is 47.6 Å². The molecule has 1 N–H and O–H groups in total. The number of benzene rings is 2. The number of para-hydroxylation sites is 2. The number of allylic oxidation sites excluding steroid dienone is 1. The maximum atomic E-state index is 12.6. The van der Waals surface area contributed by atoms with Crippen molar-refractivity contribution in [2.75, 3.05) is 17.3 Å². The van der Waals surface area contributed by atoms with Crippen LogP contribution < -0.4 is 5.32 Å². The summed E-state index contributed by atoms with van der Waals surface area (Å²) >= 11 is 6.77. The molecule has 2 aliphatic heterocycles. The predicted molar refractivity (Wildman–Crippen MR) is 105 cm³/mol. The standard InChI is InChI=1S/C18H13Br2N3O2.Y/c19-8-9-25-23-16-10-4-1-2-7-13(10)21-17(16)14-11-5-3-6-12(20)15(11)22-18(14)24;/h1-7H,8-9H2,(H2,21,22,23,24);/p-1. The number of carbonyl (C=O) groups excluding carboxylic acids is 1. The molecule has 0 saturated carbocycles. The van der Waals surface area contributed by atoms with E-state index in [4.69, 9.17) is 4.84 Å². The first-order valence-electron chi connectivity index (χ1n) is 7.62. The molecule has 0 fully saturated rings. The second kappa shape index (κ2) is 8.34. The fourth-order valence-electron chi connectivity index (χ4n) is 2.89. The van der Waals surface area contributed by atoms with Crippen molar-refractivity contribution in [3.05, 3.63) is 69.1 Å². The maximum absolute atomic E-state index is 12.6. The normalized spacial score (nSPS) is 18.7. The molecule has 2 aliphatic rings. The third kappa shape index (κ3) is 3.42. The number of halogens is 2. The van der Waals surface area contributed by atoms with Gasteiger partial charge in [-0.05, 0) is 17.7 Å². The molecule has 0 aromatic heterocycles. The number of carbonyl (C=O) groups is 1. The Labute approximate surface area is 192 Å². The summed E-state index contributed by atoms with van der Waals surface area (Å²) in [7, 11) is 0. The second-order valence-electron chi connectivity index (χ2n) is 5.44. The van der Waals surface area contributed by atoms with Crippen LogP contribution in [0.3, 0.4) is 0 Å². The zero-order valence-corrected chi connectivity index (χ0v) is 19.5. The number of amides is 1.